The van der Waals surface area contributed by atoms with Crippen molar-refractivity contribution in [2.45, 2.75) is 32.8 Å². The molecule has 2 aromatic rings. The Labute approximate surface area is 107 Å². The van der Waals surface area contributed by atoms with E-state index in [-0.39, 0.29) is 17.6 Å². The number of aromatic hydroxyl groups is 2. The summed E-state index contributed by atoms with van der Waals surface area (Å²) in [6.45, 7) is 4.03. The second-order valence-corrected chi connectivity index (χ2v) is 4.51. The van der Waals surface area contributed by atoms with Crippen LogP contribution in [0.15, 0.2) is 30.3 Å². The Kier molecular flexibility index (Phi) is 3.60. The molecule has 2 rings (SSSR count). The Hall–Kier alpha value is -1.90. The monoisotopic (exact) mass is 246 g/mol. The summed E-state index contributed by atoms with van der Waals surface area (Å²) in [5, 5.41) is 21.3. The fourth-order valence-corrected chi connectivity index (χ4v) is 2.09. The second kappa shape index (κ2) is 5.17. The molecule has 0 aliphatic carbocycles. The minimum Gasteiger partial charge on any atom is -0.507 e. The summed E-state index contributed by atoms with van der Waals surface area (Å²) < 4.78 is 5.66. The Morgan fingerprint density at radius 1 is 1.17 bits per heavy atom. The highest BCUT2D eigenvalue weighted by Crippen LogP contribution is 2.40. The van der Waals surface area contributed by atoms with Crippen molar-refractivity contribution < 1.29 is 14.9 Å². The normalized spacial score (nSPS) is 12.6. The van der Waals surface area contributed by atoms with E-state index in [1.807, 2.05) is 19.1 Å². The van der Waals surface area contributed by atoms with Crippen LogP contribution in [0.3, 0.4) is 0 Å². The first kappa shape index (κ1) is 12.6. The van der Waals surface area contributed by atoms with Gasteiger partial charge in [-0.3, -0.25) is 0 Å². The summed E-state index contributed by atoms with van der Waals surface area (Å²) in [7, 11) is 0. The molecular formula is C15H18O3. The molecular weight excluding hydrogens is 228 g/mol. The van der Waals surface area contributed by atoms with Crippen molar-refractivity contribution in [2.24, 2.45) is 0 Å². The van der Waals surface area contributed by atoms with Gasteiger partial charge in [0, 0.05) is 16.8 Å². The summed E-state index contributed by atoms with van der Waals surface area (Å²) in [6.07, 6.45) is 1.94. The van der Waals surface area contributed by atoms with Gasteiger partial charge in [0.2, 0.25) is 0 Å². The standard InChI is InChI=1S/C15H18O3/c1-3-6-10(2)18-14-9-13(16)11-7-4-5-8-12(11)15(14)17/h4-5,7-10,16-17H,3,6H2,1-2H3. The third-order valence-corrected chi connectivity index (χ3v) is 2.98. The summed E-state index contributed by atoms with van der Waals surface area (Å²) in [4.78, 5) is 0. The average Bonchev–Trinajstić information content (AvgIpc) is 2.36. The van der Waals surface area contributed by atoms with Crippen LogP contribution in [0.2, 0.25) is 0 Å². The molecule has 0 aliphatic heterocycles. The zero-order valence-electron chi connectivity index (χ0n) is 10.7. The van der Waals surface area contributed by atoms with E-state index in [2.05, 4.69) is 6.92 Å². The lowest BCUT2D eigenvalue weighted by molar-refractivity contribution is 0.202. The van der Waals surface area contributed by atoms with Gasteiger partial charge in [-0.25, -0.2) is 0 Å². The average molecular weight is 246 g/mol. The molecule has 0 spiro atoms. The molecule has 0 aromatic heterocycles. The third kappa shape index (κ3) is 2.35. The van der Waals surface area contributed by atoms with Gasteiger partial charge in [0.1, 0.15) is 5.75 Å². The van der Waals surface area contributed by atoms with E-state index >= 15 is 0 Å². The van der Waals surface area contributed by atoms with Gasteiger partial charge in [-0.15, -0.1) is 0 Å². The van der Waals surface area contributed by atoms with Crippen molar-refractivity contribution in [3.05, 3.63) is 30.3 Å². The van der Waals surface area contributed by atoms with Crippen LogP contribution in [0.5, 0.6) is 17.2 Å². The minimum atomic E-state index is 0.0152. The maximum absolute atomic E-state index is 10.2. The number of ether oxygens (including phenoxy) is 1. The molecule has 0 fully saturated rings. The number of hydrogen-bond acceptors (Lipinski definition) is 3. The molecule has 0 saturated carbocycles. The van der Waals surface area contributed by atoms with Crippen LogP contribution in [0.4, 0.5) is 0 Å². The van der Waals surface area contributed by atoms with E-state index in [0.717, 1.165) is 12.8 Å². The van der Waals surface area contributed by atoms with Crippen molar-refractivity contribution in [1.82, 2.24) is 0 Å². The topological polar surface area (TPSA) is 49.7 Å². The van der Waals surface area contributed by atoms with E-state index in [1.165, 1.54) is 6.07 Å². The SMILES string of the molecule is CCCC(C)Oc1cc(O)c2ccccc2c1O. The molecule has 0 aliphatic rings. The van der Waals surface area contributed by atoms with Crippen LogP contribution in [0.25, 0.3) is 10.8 Å². The summed E-state index contributed by atoms with van der Waals surface area (Å²) >= 11 is 0. The summed E-state index contributed by atoms with van der Waals surface area (Å²) in [5.74, 6) is 0.556. The van der Waals surface area contributed by atoms with Gasteiger partial charge < -0.3 is 14.9 Å². The van der Waals surface area contributed by atoms with Crippen molar-refractivity contribution >= 4 is 10.8 Å². The molecule has 0 bridgehead atoms. The predicted octanol–water partition coefficient (Wildman–Crippen LogP) is 3.82. The third-order valence-electron chi connectivity index (χ3n) is 2.98. The smallest absolute Gasteiger partial charge is 0.165 e. The largest absolute Gasteiger partial charge is 0.507 e. The maximum Gasteiger partial charge on any atom is 0.165 e. The van der Waals surface area contributed by atoms with Gasteiger partial charge in [0.05, 0.1) is 6.10 Å². The predicted molar refractivity (Wildman–Crippen MR) is 72.3 cm³/mol. The lowest BCUT2D eigenvalue weighted by Crippen LogP contribution is -2.11. The van der Waals surface area contributed by atoms with Crippen LogP contribution >= 0.6 is 0 Å². The first-order valence-electron chi connectivity index (χ1n) is 6.23. The van der Waals surface area contributed by atoms with Gasteiger partial charge in [-0.1, -0.05) is 37.6 Å². The van der Waals surface area contributed by atoms with Crippen molar-refractivity contribution in [3.8, 4) is 17.2 Å². The molecule has 3 heteroatoms. The molecule has 96 valence electrons. The Balaban J connectivity index is 2.43. The van der Waals surface area contributed by atoms with Crippen LogP contribution in [0, 0.1) is 0 Å². The number of benzene rings is 2. The number of phenols is 2. The zero-order chi connectivity index (χ0) is 13.1. The van der Waals surface area contributed by atoms with Crippen molar-refractivity contribution in [2.75, 3.05) is 0 Å². The second-order valence-electron chi connectivity index (χ2n) is 4.51. The van der Waals surface area contributed by atoms with Crippen LogP contribution in [0.1, 0.15) is 26.7 Å². The Morgan fingerprint density at radius 3 is 2.50 bits per heavy atom. The fraction of sp³-hybridized carbons (Fsp3) is 0.333. The molecule has 0 radical (unpaired) electrons. The van der Waals surface area contributed by atoms with E-state index in [1.54, 1.807) is 12.1 Å². The van der Waals surface area contributed by atoms with Gasteiger partial charge in [-0.2, -0.15) is 0 Å². The van der Waals surface area contributed by atoms with Crippen molar-refractivity contribution in [3.63, 3.8) is 0 Å². The molecule has 1 atom stereocenters. The first-order valence-corrected chi connectivity index (χ1v) is 6.23. The van der Waals surface area contributed by atoms with E-state index in [9.17, 15) is 10.2 Å². The highest BCUT2D eigenvalue weighted by atomic mass is 16.5. The van der Waals surface area contributed by atoms with E-state index in [4.69, 9.17) is 4.74 Å². The van der Waals surface area contributed by atoms with Gasteiger partial charge in [-0.05, 0) is 13.3 Å². The lowest BCUT2D eigenvalue weighted by Gasteiger charge is -2.16. The van der Waals surface area contributed by atoms with Crippen LogP contribution in [-0.4, -0.2) is 16.3 Å². The molecule has 0 heterocycles. The summed E-state index contributed by atoms with van der Waals surface area (Å²) in [5.41, 5.74) is 0. The highest BCUT2D eigenvalue weighted by Gasteiger charge is 2.13. The quantitative estimate of drug-likeness (QED) is 0.806. The molecule has 2 N–H and O–H groups in total. The van der Waals surface area contributed by atoms with Crippen molar-refractivity contribution in [1.29, 1.82) is 0 Å². The number of phenolic OH excluding ortho intramolecular Hbond substituents is 2. The number of hydrogen-bond donors (Lipinski definition) is 2. The number of fused-ring (bicyclic) bond motifs is 1. The minimum absolute atomic E-state index is 0.0152. The Morgan fingerprint density at radius 2 is 1.83 bits per heavy atom. The first-order chi connectivity index (χ1) is 8.63. The summed E-state index contributed by atoms with van der Waals surface area (Å²) in [6, 6.07) is 8.65. The molecule has 1 unspecified atom stereocenters. The highest BCUT2D eigenvalue weighted by molar-refractivity contribution is 5.95. The Bertz CT molecular complexity index is 549. The molecule has 18 heavy (non-hydrogen) atoms. The van der Waals surface area contributed by atoms with Gasteiger partial charge in [0.25, 0.3) is 0 Å². The van der Waals surface area contributed by atoms with Crippen LogP contribution < -0.4 is 4.74 Å². The molecule has 0 saturated heterocycles. The van der Waals surface area contributed by atoms with Gasteiger partial charge in [0.15, 0.2) is 11.5 Å². The molecule has 3 nitrogen and oxygen atoms in total. The van der Waals surface area contributed by atoms with Gasteiger partial charge >= 0.3 is 0 Å². The number of rotatable bonds is 4. The fourth-order valence-electron chi connectivity index (χ4n) is 2.09. The van der Waals surface area contributed by atoms with E-state index in [0.29, 0.717) is 16.5 Å². The zero-order valence-corrected chi connectivity index (χ0v) is 10.7. The van der Waals surface area contributed by atoms with E-state index < -0.39 is 0 Å². The van der Waals surface area contributed by atoms with Crippen LogP contribution in [-0.2, 0) is 0 Å². The lowest BCUT2D eigenvalue weighted by atomic mass is 10.1. The molecule has 2 aromatic carbocycles. The molecule has 0 amide bonds. The maximum atomic E-state index is 10.2.